The van der Waals surface area contributed by atoms with Gasteiger partial charge in [-0.3, -0.25) is 4.79 Å². The number of H-pyrrole nitrogens is 1. The lowest BCUT2D eigenvalue weighted by molar-refractivity contribution is -0.149. The van der Waals surface area contributed by atoms with E-state index in [1.165, 1.54) is 0 Å². The number of nitrogens with one attached hydrogen (secondary N) is 2. The molecule has 0 radical (unpaired) electrons. The molecule has 0 bridgehead atoms. The van der Waals surface area contributed by atoms with E-state index in [9.17, 15) is 30.6 Å². The van der Waals surface area contributed by atoms with Gasteiger partial charge < -0.3 is 50.4 Å². The van der Waals surface area contributed by atoms with Crippen LogP contribution in [0.2, 0.25) is 0 Å². The Morgan fingerprint density at radius 2 is 1.62 bits per heavy atom. The lowest BCUT2D eigenvalue weighted by atomic mass is 9.55. The van der Waals surface area contributed by atoms with Gasteiger partial charge in [0.05, 0.1) is 42.7 Å². The van der Waals surface area contributed by atoms with Crippen LogP contribution in [0.25, 0.3) is 10.8 Å². The first-order chi connectivity index (χ1) is 36.9. The summed E-state index contributed by atoms with van der Waals surface area (Å²) in [5.41, 5.74) is 5.68. The molecule has 0 saturated heterocycles. The van der Waals surface area contributed by atoms with Crippen molar-refractivity contribution in [1.29, 1.82) is 0 Å². The van der Waals surface area contributed by atoms with Crippen LogP contribution >= 0.6 is 21.6 Å². The molecule has 6 aromatic rings. The number of methoxy groups -OCH3 is 1. The number of carbonyl (C=O) groups excluding carboxylic acids is 1. The van der Waals surface area contributed by atoms with Crippen LogP contribution in [0.5, 0.6) is 28.7 Å². The first-order valence-corrected chi connectivity index (χ1v) is 30.1. The number of aliphatic hydroxyl groups is 3. The highest BCUT2D eigenvalue weighted by Gasteiger charge is 2.58. The van der Waals surface area contributed by atoms with Crippen molar-refractivity contribution in [3.8, 4) is 28.7 Å². The number of fused-ring (bicyclic) bond motifs is 2. The second-order valence-electron chi connectivity index (χ2n) is 22.3. The largest absolute Gasteiger partial charge is 0.508 e. The van der Waals surface area contributed by atoms with Crippen LogP contribution in [0, 0.1) is 17.8 Å². The maximum absolute atomic E-state index is 16.9. The summed E-state index contributed by atoms with van der Waals surface area (Å²) in [5, 5.41) is 78.3. The molecule has 5 aromatic carbocycles. The quantitative estimate of drug-likeness (QED) is 0.0544. The van der Waals surface area contributed by atoms with Crippen molar-refractivity contribution in [2.24, 2.45) is 17.8 Å². The van der Waals surface area contributed by atoms with Crippen molar-refractivity contribution >= 4 is 38.1 Å². The molecule has 76 heavy (non-hydrogen) atoms. The van der Waals surface area contributed by atoms with Gasteiger partial charge in [-0.1, -0.05) is 103 Å². The molecule has 8 N–H and O–H groups in total. The monoisotopic (exact) mass is 1070 g/mol. The summed E-state index contributed by atoms with van der Waals surface area (Å²) in [7, 11) is 6.62. The Morgan fingerprint density at radius 3 is 2.36 bits per heavy atom. The summed E-state index contributed by atoms with van der Waals surface area (Å²) in [5.74, 6) is -1.32. The number of phenols is 3. The summed E-state index contributed by atoms with van der Waals surface area (Å²) in [4.78, 5) is 20.1. The molecule has 3 aliphatic carbocycles. The van der Waals surface area contributed by atoms with Gasteiger partial charge in [0, 0.05) is 41.6 Å². The van der Waals surface area contributed by atoms with Gasteiger partial charge in [0.25, 0.3) is 0 Å². The number of aromatic amines is 1. The average Bonchev–Trinajstić information content (AvgIpc) is 4.03. The fourth-order valence-corrected chi connectivity index (χ4v) is 16.7. The zero-order valence-electron chi connectivity index (χ0n) is 44.2. The minimum atomic E-state index is -1.67. The second kappa shape index (κ2) is 23.4. The second-order valence-corrected chi connectivity index (χ2v) is 24.9. The number of ether oxygens (including phenoxy) is 2. The van der Waals surface area contributed by atoms with Gasteiger partial charge in [0.15, 0.2) is 28.8 Å². The number of hydrogen-bond donors (Lipinski definition) is 8. The van der Waals surface area contributed by atoms with Gasteiger partial charge >= 0.3 is 0 Å². The summed E-state index contributed by atoms with van der Waals surface area (Å²) in [6.07, 6.45) is 13.1. The van der Waals surface area contributed by atoms with Crippen LogP contribution in [0.3, 0.4) is 0 Å². The minimum Gasteiger partial charge on any atom is -0.508 e. The first-order valence-electron chi connectivity index (χ1n) is 27.7. The first kappa shape index (κ1) is 54.2. The molecule has 2 heterocycles. The van der Waals surface area contributed by atoms with Gasteiger partial charge in [0.2, 0.25) is 0 Å². The molecule has 404 valence electrons. The van der Waals surface area contributed by atoms with Crippen LogP contribution in [-0.2, 0) is 47.9 Å². The van der Waals surface area contributed by atoms with Crippen LogP contribution in [0.1, 0.15) is 133 Å². The highest BCUT2D eigenvalue weighted by molar-refractivity contribution is 8.76. The van der Waals surface area contributed by atoms with E-state index in [1.807, 2.05) is 49.8 Å². The third kappa shape index (κ3) is 10.6. The Hall–Kier alpha value is -5.15. The van der Waals surface area contributed by atoms with E-state index < -0.39 is 40.9 Å². The smallest absolute Gasteiger partial charge is 0.164 e. The molecule has 1 aliphatic heterocycles. The molecular formula is C63H76N2O9S2. The number of Topliss-reactive ketones (excluding diaryl/α,β-unsaturated/α-hetero) is 1. The lowest BCUT2D eigenvalue weighted by Gasteiger charge is -2.50. The predicted molar refractivity (Wildman–Crippen MR) is 304 cm³/mol. The van der Waals surface area contributed by atoms with E-state index >= 15 is 4.79 Å². The highest BCUT2D eigenvalue weighted by Crippen LogP contribution is 2.53. The van der Waals surface area contributed by atoms with E-state index in [2.05, 4.69) is 41.5 Å². The molecule has 3 saturated carbocycles. The molecule has 7 atom stereocenters. The molecule has 1 aromatic heterocycles. The van der Waals surface area contributed by atoms with Crippen molar-refractivity contribution in [1.82, 2.24) is 10.3 Å². The molecule has 10 rings (SSSR count). The van der Waals surface area contributed by atoms with E-state index in [0.29, 0.717) is 47.6 Å². The Kier molecular flexibility index (Phi) is 16.7. The number of rotatable bonds is 12. The number of aromatic hydroxyl groups is 3. The fraction of sp³-hybridized carbons (Fsp3) is 0.476. The molecule has 0 amide bonds. The van der Waals surface area contributed by atoms with Gasteiger partial charge in [-0.15, -0.1) is 0 Å². The van der Waals surface area contributed by atoms with Crippen molar-refractivity contribution in [3.05, 3.63) is 147 Å². The lowest BCUT2D eigenvalue weighted by Crippen LogP contribution is -2.61. The Bertz CT molecular complexity index is 2990. The topological polar surface area (TPSA) is 185 Å². The fourth-order valence-electron chi connectivity index (χ4n) is 13.8. The Morgan fingerprint density at radius 1 is 0.842 bits per heavy atom. The van der Waals surface area contributed by atoms with Crippen LogP contribution in [-0.4, -0.2) is 86.2 Å². The van der Waals surface area contributed by atoms with Gasteiger partial charge in [-0.25, -0.2) is 0 Å². The number of ketones is 1. The molecule has 3 fully saturated rings. The maximum atomic E-state index is 16.9. The van der Waals surface area contributed by atoms with Gasteiger partial charge in [-0.2, -0.15) is 0 Å². The summed E-state index contributed by atoms with van der Waals surface area (Å²) >= 11 is 0. The van der Waals surface area contributed by atoms with E-state index in [4.69, 9.17) is 9.47 Å². The number of aryl methyl sites for hydroxylation is 1. The van der Waals surface area contributed by atoms with E-state index in [-0.39, 0.29) is 53.8 Å². The number of benzene rings is 5. The van der Waals surface area contributed by atoms with Crippen LogP contribution in [0.15, 0.2) is 97.3 Å². The third-order valence-electron chi connectivity index (χ3n) is 17.9. The average molecular weight is 1070 g/mol. The molecular weight excluding hydrogens is 993 g/mol. The predicted octanol–water partition coefficient (Wildman–Crippen LogP) is 11.5. The molecule has 0 spiro atoms. The van der Waals surface area contributed by atoms with E-state index in [0.717, 1.165) is 120 Å². The summed E-state index contributed by atoms with van der Waals surface area (Å²) in [6, 6.07) is 26.8. The van der Waals surface area contributed by atoms with Crippen molar-refractivity contribution < 1.29 is 44.9 Å². The number of aliphatic hydroxyl groups excluding tert-OH is 3. The number of phenolic OH excluding ortho intramolecular Hbond substituents is 3. The van der Waals surface area contributed by atoms with Crippen molar-refractivity contribution in [2.45, 2.75) is 144 Å². The molecule has 7 unspecified atom stereocenters. The highest BCUT2D eigenvalue weighted by atomic mass is 33.1. The molecule has 13 heteroatoms. The summed E-state index contributed by atoms with van der Waals surface area (Å²) < 4.78 is 12.6. The van der Waals surface area contributed by atoms with Gasteiger partial charge in [0.1, 0.15) is 5.75 Å². The number of hydrogen-bond acceptors (Lipinski definition) is 12. The number of carbonyl (C=O) groups is 1. The molecule has 11 nitrogen and oxygen atoms in total. The van der Waals surface area contributed by atoms with Crippen molar-refractivity contribution in [3.63, 3.8) is 0 Å². The third-order valence-corrected chi connectivity index (χ3v) is 20.7. The normalized spacial score (nSPS) is 25.5. The minimum absolute atomic E-state index is 0.00202. The SMILES string of the molecule is CCc1ccc2cccc3c2c1Cc1c(ccc(O)c1OC)CC(Cc1cc[nH]c1)C(O)C1C(=O)C(Cc2ccc(O)c(OC4CCCCC4)c2)(c2cc(O)cc(C4(NC)CCCCC4)c2)C(O)CC1CSSC3CO. The zero-order valence-corrected chi connectivity index (χ0v) is 45.9. The van der Waals surface area contributed by atoms with Crippen molar-refractivity contribution in [2.75, 3.05) is 26.5 Å². The Balaban J connectivity index is 1.16. The standard InChI is InChI=1S/C63H76N2O9S2/c1-4-40-17-18-41-12-11-15-49-55(36-66)76-75-37-44-29-56(70)63(34-38-16-20-52(68)54(27-38)74-48-13-7-5-8-14-48,46-30-45(31-47(67)32-46)62(64-2)23-9-6-10-24-62)61(72)58(44)59(71)43(26-39-22-25-65-35-39)28-42-19-21-53(69)60(73-3)51(42)33-50(40)57(41)49/h11-12,15-22,25,27,30-32,35,43-44,48,55-56,58-59,64-71H,4-10,13-14,23-24,26,28-29,33-34,36-37H2,1-3H3. The Labute approximate surface area is 455 Å². The van der Waals surface area contributed by atoms with Crippen LogP contribution < -0.4 is 14.8 Å². The van der Waals surface area contributed by atoms with Gasteiger partial charge in [-0.05, 0) is 181 Å². The van der Waals surface area contributed by atoms with Crippen LogP contribution in [0.4, 0.5) is 0 Å². The maximum Gasteiger partial charge on any atom is 0.164 e. The molecule has 4 aliphatic rings. The summed E-state index contributed by atoms with van der Waals surface area (Å²) in [6.45, 7) is 1.99. The number of aromatic nitrogens is 1. The zero-order chi connectivity index (χ0) is 53.1. The van der Waals surface area contributed by atoms with E-state index in [1.54, 1.807) is 59.0 Å².